The number of carbonyl (C=O) groups is 1. The number of nitrogens with one attached hydrogen (secondary N) is 2. The fraction of sp³-hybridized carbons (Fsp3) is 0.500. The number of urea groups is 1. The van der Waals surface area contributed by atoms with Crippen LogP contribution in [0.2, 0.25) is 0 Å². The molecule has 1 saturated carbocycles. The van der Waals surface area contributed by atoms with E-state index in [1.54, 1.807) is 18.2 Å². The maximum absolute atomic E-state index is 11.8. The quantitative estimate of drug-likeness (QED) is 0.680. The molecule has 0 saturated heterocycles. The van der Waals surface area contributed by atoms with Gasteiger partial charge in [0, 0.05) is 12.6 Å². The van der Waals surface area contributed by atoms with E-state index < -0.39 is 0 Å². The fourth-order valence-corrected chi connectivity index (χ4v) is 2.73. The SMILES string of the molecule is O=C(NCc1ccc(O)c(Br)c1)NC1CCC(O)CC1. The van der Waals surface area contributed by atoms with Crippen LogP contribution in [0.3, 0.4) is 0 Å². The molecule has 6 heteroatoms. The van der Waals surface area contributed by atoms with E-state index >= 15 is 0 Å². The second-order valence-corrected chi connectivity index (χ2v) is 5.97. The van der Waals surface area contributed by atoms with Crippen molar-refractivity contribution in [2.75, 3.05) is 0 Å². The second-order valence-electron chi connectivity index (χ2n) is 5.12. The summed E-state index contributed by atoms with van der Waals surface area (Å²) >= 11 is 3.24. The lowest BCUT2D eigenvalue weighted by Crippen LogP contribution is -2.43. The van der Waals surface area contributed by atoms with Crippen molar-refractivity contribution < 1.29 is 15.0 Å². The Morgan fingerprint density at radius 3 is 2.65 bits per heavy atom. The minimum absolute atomic E-state index is 0.143. The van der Waals surface area contributed by atoms with E-state index in [-0.39, 0.29) is 23.9 Å². The van der Waals surface area contributed by atoms with Crippen molar-refractivity contribution in [2.45, 2.75) is 44.4 Å². The lowest BCUT2D eigenvalue weighted by molar-refractivity contribution is 0.117. The molecule has 0 radical (unpaired) electrons. The van der Waals surface area contributed by atoms with Gasteiger partial charge in [-0.15, -0.1) is 0 Å². The van der Waals surface area contributed by atoms with Crippen LogP contribution in [0, 0.1) is 0 Å². The number of carbonyl (C=O) groups excluding carboxylic acids is 1. The van der Waals surface area contributed by atoms with Gasteiger partial charge in [-0.2, -0.15) is 0 Å². The Bertz CT molecular complexity index is 473. The monoisotopic (exact) mass is 342 g/mol. The molecule has 110 valence electrons. The summed E-state index contributed by atoms with van der Waals surface area (Å²) in [6.07, 6.45) is 2.91. The van der Waals surface area contributed by atoms with Crippen LogP contribution in [-0.2, 0) is 6.54 Å². The highest BCUT2D eigenvalue weighted by Gasteiger charge is 2.20. The molecule has 4 N–H and O–H groups in total. The Labute approximate surface area is 126 Å². The summed E-state index contributed by atoms with van der Waals surface area (Å²) in [6, 6.07) is 5.06. The van der Waals surface area contributed by atoms with Gasteiger partial charge in [-0.3, -0.25) is 0 Å². The van der Waals surface area contributed by atoms with Gasteiger partial charge in [0.05, 0.1) is 10.6 Å². The van der Waals surface area contributed by atoms with Crippen LogP contribution in [0.1, 0.15) is 31.2 Å². The van der Waals surface area contributed by atoms with Crippen LogP contribution >= 0.6 is 15.9 Å². The first kappa shape index (κ1) is 15.1. The lowest BCUT2D eigenvalue weighted by Gasteiger charge is -2.26. The fourth-order valence-electron chi connectivity index (χ4n) is 2.30. The van der Waals surface area contributed by atoms with Crippen molar-refractivity contribution >= 4 is 22.0 Å². The number of hydrogen-bond donors (Lipinski definition) is 4. The van der Waals surface area contributed by atoms with Gasteiger partial charge in [0.1, 0.15) is 5.75 Å². The summed E-state index contributed by atoms with van der Waals surface area (Å²) < 4.78 is 0.610. The number of aliphatic hydroxyl groups is 1. The summed E-state index contributed by atoms with van der Waals surface area (Å²) in [6.45, 7) is 0.403. The molecule has 1 aliphatic rings. The first-order valence-electron chi connectivity index (χ1n) is 6.74. The van der Waals surface area contributed by atoms with E-state index in [9.17, 15) is 15.0 Å². The number of rotatable bonds is 3. The normalized spacial score (nSPS) is 22.3. The molecule has 1 aromatic carbocycles. The number of halogens is 1. The largest absolute Gasteiger partial charge is 0.507 e. The third kappa shape index (κ3) is 4.38. The molecule has 0 aromatic heterocycles. The van der Waals surface area contributed by atoms with Gasteiger partial charge >= 0.3 is 6.03 Å². The number of aromatic hydroxyl groups is 1. The third-order valence-electron chi connectivity index (χ3n) is 3.50. The first-order chi connectivity index (χ1) is 9.54. The zero-order valence-corrected chi connectivity index (χ0v) is 12.7. The number of phenolic OH excluding ortho intramolecular Hbond substituents is 1. The van der Waals surface area contributed by atoms with Crippen LogP contribution in [0.4, 0.5) is 4.79 Å². The smallest absolute Gasteiger partial charge is 0.315 e. The van der Waals surface area contributed by atoms with E-state index in [1.807, 2.05) is 0 Å². The van der Waals surface area contributed by atoms with E-state index in [4.69, 9.17) is 0 Å². The Balaban J connectivity index is 1.76. The molecular weight excluding hydrogens is 324 g/mol. The van der Waals surface area contributed by atoms with Gasteiger partial charge in [-0.25, -0.2) is 4.79 Å². The van der Waals surface area contributed by atoms with Gasteiger partial charge in [-0.05, 0) is 59.3 Å². The average molecular weight is 343 g/mol. The minimum Gasteiger partial charge on any atom is -0.507 e. The van der Waals surface area contributed by atoms with E-state index in [1.165, 1.54) is 0 Å². The van der Waals surface area contributed by atoms with Crippen molar-refractivity contribution in [1.82, 2.24) is 10.6 Å². The van der Waals surface area contributed by atoms with E-state index in [0.717, 1.165) is 31.2 Å². The molecule has 0 aliphatic heterocycles. The van der Waals surface area contributed by atoms with Crippen molar-refractivity contribution in [3.05, 3.63) is 28.2 Å². The molecule has 5 nitrogen and oxygen atoms in total. The molecule has 20 heavy (non-hydrogen) atoms. The Morgan fingerprint density at radius 2 is 2.00 bits per heavy atom. The predicted molar refractivity (Wildman–Crippen MR) is 79.4 cm³/mol. The molecule has 1 fully saturated rings. The summed E-state index contributed by atoms with van der Waals surface area (Å²) in [5.74, 6) is 0.180. The van der Waals surface area contributed by atoms with Gasteiger partial charge in [0.25, 0.3) is 0 Å². The summed E-state index contributed by atoms with van der Waals surface area (Å²) in [5.41, 5.74) is 0.906. The number of benzene rings is 1. The Kier molecular flexibility index (Phi) is 5.25. The molecule has 2 rings (SSSR count). The standard InChI is InChI=1S/C14H19BrN2O3/c15-12-7-9(1-6-13(12)19)8-16-14(20)17-10-2-4-11(18)5-3-10/h1,6-7,10-11,18-19H,2-5,8H2,(H2,16,17,20). The van der Waals surface area contributed by atoms with Crippen molar-refractivity contribution in [3.63, 3.8) is 0 Å². The van der Waals surface area contributed by atoms with Gasteiger partial charge in [-0.1, -0.05) is 6.07 Å². The van der Waals surface area contributed by atoms with Crippen LogP contribution in [0.5, 0.6) is 5.75 Å². The molecule has 1 aliphatic carbocycles. The molecule has 0 unspecified atom stereocenters. The highest BCUT2D eigenvalue weighted by atomic mass is 79.9. The van der Waals surface area contributed by atoms with Gasteiger partial charge < -0.3 is 20.8 Å². The third-order valence-corrected chi connectivity index (χ3v) is 4.13. The summed E-state index contributed by atoms with van der Waals surface area (Å²) in [7, 11) is 0. The highest BCUT2D eigenvalue weighted by molar-refractivity contribution is 9.10. The molecule has 1 aromatic rings. The highest BCUT2D eigenvalue weighted by Crippen LogP contribution is 2.24. The zero-order valence-electron chi connectivity index (χ0n) is 11.1. The Morgan fingerprint density at radius 1 is 1.30 bits per heavy atom. The molecule has 0 atom stereocenters. The van der Waals surface area contributed by atoms with Crippen LogP contribution in [0.25, 0.3) is 0 Å². The maximum Gasteiger partial charge on any atom is 0.315 e. The number of aliphatic hydroxyl groups excluding tert-OH is 1. The molecule has 2 amide bonds. The maximum atomic E-state index is 11.8. The second kappa shape index (κ2) is 6.95. The number of phenols is 1. The van der Waals surface area contributed by atoms with Crippen LogP contribution < -0.4 is 10.6 Å². The van der Waals surface area contributed by atoms with Gasteiger partial charge in [0.15, 0.2) is 0 Å². The van der Waals surface area contributed by atoms with Crippen molar-refractivity contribution in [2.24, 2.45) is 0 Å². The van der Waals surface area contributed by atoms with Gasteiger partial charge in [0.2, 0.25) is 0 Å². The van der Waals surface area contributed by atoms with E-state index in [0.29, 0.717) is 11.0 Å². The van der Waals surface area contributed by atoms with Crippen LogP contribution in [0.15, 0.2) is 22.7 Å². The van der Waals surface area contributed by atoms with Crippen molar-refractivity contribution in [1.29, 1.82) is 0 Å². The predicted octanol–water partition coefficient (Wildman–Crippen LogP) is 2.26. The molecule has 0 bridgehead atoms. The minimum atomic E-state index is -0.217. The topological polar surface area (TPSA) is 81.6 Å². The molecule has 0 spiro atoms. The summed E-state index contributed by atoms with van der Waals surface area (Å²) in [5, 5.41) is 24.5. The van der Waals surface area contributed by atoms with E-state index in [2.05, 4.69) is 26.6 Å². The lowest BCUT2D eigenvalue weighted by atomic mass is 9.93. The molecular formula is C14H19BrN2O3. The summed E-state index contributed by atoms with van der Waals surface area (Å²) in [4.78, 5) is 11.8. The first-order valence-corrected chi connectivity index (χ1v) is 7.53. The number of hydrogen-bond acceptors (Lipinski definition) is 3. The van der Waals surface area contributed by atoms with Crippen molar-refractivity contribution in [3.8, 4) is 5.75 Å². The average Bonchev–Trinajstić information content (AvgIpc) is 2.43. The number of amides is 2. The zero-order chi connectivity index (χ0) is 14.5. The molecule has 0 heterocycles. The van der Waals surface area contributed by atoms with Crippen LogP contribution in [-0.4, -0.2) is 28.4 Å². The Hall–Kier alpha value is -1.27.